The molecule has 2 heterocycles. The molecule has 0 radical (unpaired) electrons. The molecule has 1 fully saturated rings. The van der Waals surface area contributed by atoms with Crippen LogP contribution in [0.1, 0.15) is 6.42 Å². The van der Waals surface area contributed by atoms with Gasteiger partial charge in [-0.2, -0.15) is 4.98 Å². The number of fused-ring (bicyclic) bond motifs is 1. The monoisotopic (exact) mass is 245 g/mol. The predicted octanol–water partition coefficient (Wildman–Crippen LogP) is 1.63. The summed E-state index contributed by atoms with van der Waals surface area (Å²) in [7, 11) is 0. The summed E-state index contributed by atoms with van der Waals surface area (Å²) in [6.07, 6.45) is 1.04. The van der Waals surface area contributed by atoms with Gasteiger partial charge in [0.2, 0.25) is 11.8 Å². The highest BCUT2D eigenvalue weighted by Crippen LogP contribution is 2.24. The fraction of sp³-hybridized carbons (Fsp3) is 0.385. The highest BCUT2D eigenvalue weighted by atomic mass is 16.5. The van der Waals surface area contributed by atoms with Gasteiger partial charge in [0.15, 0.2) is 0 Å². The standard InChI is InChI=1S/C13H15N3O2/c14-13-15-11-4-2-1-3-10(11)12(16-13)18-8-9-5-6-17-7-9/h1-4,9H,5-8H2,(H2,14,15,16). The fourth-order valence-electron chi connectivity index (χ4n) is 2.09. The smallest absolute Gasteiger partial charge is 0.226 e. The van der Waals surface area contributed by atoms with Crippen molar-refractivity contribution in [3.8, 4) is 5.88 Å². The lowest BCUT2D eigenvalue weighted by molar-refractivity contribution is 0.166. The maximum absolute atomic E-state index is 5.77. The Kier molecular flexibility index (Phi) is 2.98. The second-order valence-corrected chi connectivity index (χ2v) is 4.44. The van der Waals surface area contributed by atoms with Crippen LogP contribution in [0.5, 0.6) is 5.88 Å². The summed E-state index contributed by atoms with van der Waals surface area (Å²) < 4.78 is 11.1. The SMILES string of the molecule is Nc1nc(OCC2CCOC2)c2ccccc2n1. The Labute approximate surface area is 105 Å². The molecule has 5 heteroatoms. The van der Waals surface area contributed by atoms with Crippen LogP contribution in [0, 0.1) is 5.92 Å². The van der Waals surface area contributed by atoms with Crippen LogP contribution in [-0.2, 0) is 4.74 Å². The molecule has 0 amide bonds. The number of ether oxygens (including phenoxy) is 2. The van der Waals surface area contributed by atoms with E-state index in [1.54, 1.807) is 0 Å². The van der Waals surface area contributed by atoms with Crippen LogP contribution in [0.4, 0.5) is 5.95 Å². The van der Waals surface area contributed by atoms with Gasteiger partial charge in [-0.1, -0.05) is 12.1 Å². The number of aromatic nitrogens is 2. The molecule has 1 unspecified atom stereocenters. The van der Waals surface area contributed by atoms with Crippen molar-refractivity contribution in [2.24, 2.45) is 5.92 Å². The first-order valence-electron chi connectivity index (χ1n) is 6.06. The van der Waals surface area contributed by atoms with Crippen molar-refractivity contribution in [3.05, 3.63) is 24.3 Å². The molecule has 1 atom stereocenters. The Hall–Kier alpha value is -1.88. The number of nitrogens with zero attached hydrogens (tertiary/aromatic N) is 2. The lowest BCUT2D eigenvalue weighted by Gasteiger charge is -2.11. The van der Waals surface area contributed by atoms with Gasteiger partial charge < -0.3 is 15.2 Å². The van der Waals surface area contributed by atoms with Crippen molar-refractivity contribution < 1.29 is 9.47 Å². The van der Waals surface area contributed by atoms with Crippen molar-refractivity contribution in [2.45, 2.75) is 6.42 Å². The molecule has 1 aromatic carbocycles. The number of rotatable bonds is 3. The van der Waals surface area contributed by atoms with Crippen LogP contribution < -0.4 is 10.5 Å². The third-order valence-corrected chi connectivity index (χ3v) is 3.07. The Bertz CT molecular complexity index is 553. The number of anilines is 1. The third-order valence-electron chi connectivity index (χ3n) is 3.07. The van der Waals surface area contributed by atoms with E-state index < -0.39 is 0 Å². The Morgan fingerprint density at radius 3 is 3.06 bits per heavy atom. The number of nitrogen functional groups attached to an aromatic ring is 1. The van der Waals surface area contributed by atoms with Gasteiger partial charge in [-0.05, 0) is 18.6 Å². The summed E-state index contributed by atoms with van der Waals surface area (Å²) in [5.74, 6) is 1.25. The molecule has 0 spiro atoms. The minimum Gasteiger partial charge on any atom is -0.477 e. The topological polar surface area (TPSA) is 70.3 Å². The second kappa shape index (κ2) is 4.78. The summed E-state index contributed by atoms with van der Waals surface area (Å²) in [5, 5.41) is 0.894. The molecule has 2 N–H and O–H groups in total. The molecule has 0 aliphatic carbocycles. The van der Waals surface area contributed by atoms with Gasteiger partial charge >= 0.3 is 0 Å². The second-order valence-electron chi connectivity index (χ2n) is 4.44. The van der Waals surface area contributed by atoms with Crippen LogP contribution in [0.25, 0.3) is 10.9 Å². The summed E-state index contributed by atoms with van der Waals surface area (Å²) in [4.78, 5) is 8.34. The zero-order chi connectivity index (χ0) is 12.4. The molecule has 2 aromatic rings. The number of benzene rings is 1. The maximum Gasteiger partial charge on any atom is 0.226 e. The predicted molar refractivity (Wildman–Crippen MR) is 68.4 cm³/mol. The molecule has 1 saturated heterocycles. The average Bonchev–Trinajstić information content (AvgIpc) is 2.89. The van der Waals surface area contributed by atoms with E-state index in [-0.39, 0.29) is 5.95 Å². The summed E-state index contributed by atoms with van der Waals surface area (Å²) in [6, 6.07) is 7.70. The van der Waals surface area contributed by atoms with Gasteiger partial charge in [-0.3, -0.25) is 0 Å². The van der Waals surface area contributed by atoms with Crippen molar-refractivity contribution in [2.75, 3.05) is 25.6 Å². The fourth-order valence-corrected chi connectivity index (χ4v) is 2.09. The van der Waals surface area contributed by atoms with Gasteiger partial charge in [0.05, 0.1) is 24.1 Å². The highest BCUT2D eigenvalue weighted by molar-refractivity contribution is 5.84. The molecule has 1 aliphatic heterocycles. The molecule has 1 aromatic heterocycles. The molecular weight excluding hydrogens is 230 g/mol. The summed E-state index contributed by atoms with van der Waals surface area (Å²) in [5.41, 5.74) is 6.49. The first kappa shape index (κ1) is 11.2. The summed E-state index contributed by atoms with van der Waals surface area (Å²) >= 11 is 0. The van der Waals surface area contributed by atoms with Crippen molar-refractivity contribution in [3.63, 3.8) is 0 Å². The number of hydrogen-bond acceptors (Lipinski definition) is 5. The van der Waals surface area contributed by atoms with Gasteiger partial charge in [-0.25, -0.2) is 4.98 Å². The van der Waals surface area contributed by atoms with Gasteiger partial charge in [0.25, 0.3) is 0 Å². The van der Waals surface area contributed by atoms with E-state index >= 15 is 0 Å². The Morgan fingerprint density at radius 2 is 2.22 bits per heavy atom. The molecule has 5 nitrogen and oxygen atoms in total. The van der Waals surface area contributed by atoms with Crippen molar-refractivity contribution >= 4 is 16.9 Å². The first-order chi connectivity index (χ1) is 8.83. The Balaban J connectivity index is 1.85. The van der Waals surface area contributed by atoms with E-state index in [1.807, 2.05) is 24.3 Å². The van der Waals surface area contributed by atoms with Crippen LogP contribution in [0.3, 0.4) is 0 Å². The largest absolute Gasteiger partial charge is 0.477 e. The van der Waals surface area contributed by atoms with E-state index in [4.69, 9.17) is 15.2 Å². The molecular formula is C13H15N3O2. The highest BCUT2D eigenvalue weighted by Gasteiger charge is 2.17. The molecule has 1 aliphatic rings. The van der Waals surface area contributed by atoms with E-state index in [0.29, 0.717) is 18.4 Å². The lowest BCUT2D eigenvalue weighted by atomic mass is 10.1. The lowest BCUT2D eigenvalue weighted by Crippen LogP contribution is -2.13. The van der Waals surface area contributed by atoms with Gasteiger partial charge in [0.1, 0.15) is 0 Å². The average molecular weight is 245 g/mol. The van der Waals surface area contributed by atoms with Crippen molar-refractivity contribution in [1.82, 2.24) is 9.97 Å². The van der Waals surface area contributed by atoms with Crippen LogP contribution in [-0.4, -0.2) is 29.8 Å². The van der Waals surface area contributed by atoms with E-state index in [0.717, 1.165) is 30.5 Å². The molecule has 18 heavy (non-hydrogen) atoms. The zero-order valence-electron chi connectivity index (χ0n) is 10.0. The van der Waals surface area contributed by atoms with Crippen LogP contribution in [0.2, 0.25) is 0 Å². The summed E-state index contributed by atoms with van der Waals surface area (Å²) in [6.45, 7) is 2.19. The van der Waals surface area contributed by atoms with Gasteiger partial charge in [0, 0.05) is 12.5 Å². The minimum atomic E-state index is 0.242. The van der Waals surface area contributed by atoms with Crippen molar-refractivity contribution in [1.29, 1.82) is 0 Å². The maximum atomic E-state index is 5.77. The van der Waals surface area contributed by atoms with E-state index in [2.05, 4.69) is 9.97 Å². The third kappa shape index (κ3) is 2.22. The first-order valence-corrected chi connectivity index (χ1v) is 6.06. The minimum absolute atomic E-state index is 0.242. The molecule has 94 valence electrons. The van der Waals surface area contributed by atoms with E-state index in [9.17, 15) is 0 Å². The normalized spacial score (nSPS) is 19.2. The van der Waals surface area contributed by atoms with Crippen LogP contribution in [0.15, 0.2) is 24.3 Å². The molecule has 0 saturated carbocycles. The zero-order valence-corrected chi connectivity index (χ0v) is 10.0. The molecule has 3 rings (SSSR count). The number of hydrogen-bond donors (Lipinski definition) is 1. The number of para-hydroxylation sites is 1. The molecule has 0 bridgehead atoms. The number of nitrogens with two attached hydrogens (primary N) is 1. The van der Waals surface area contributed by atoms with Crippen LogP contribution >= 0.6 is 0 Å². The van der Waals surface area contributed by atoms with Gasteiger partial charge in [-0.15, -0.1) is 0 Å². The van der Waals surface area contributed by atoms with E-state index in [1.165, 1.54) is 0 Å². The quantitative estimate of drug-likeness (QED) is 0.889. The Morgan fingerprint density at radius 1 is 1.33 bits per heavy atom.